The number of fused-ring (bicyclic) bond motifs is 1. The van der Waals surface area contributed by atoms with Gasteiger partial charge in [0, 0.05) is 20.0 Å². The lowest BCUT2D eigenvalue weighted by atomic mass is 9.61. The maximum absolute atomic E-state index is 6.52. The third-order valence-corrected chi connectivity index (χ3v) is 5.47. The lowest BCUT2D eigenvalue weighted by Gasteiger charge is -2.37. The maximum Gasteiger partial charge on any atom is 0.463 e. The van der Waals surface area contributed by atoms with E-state index in [1.54, 1.807) is 7.11 Å². The van der Waals surface area contributed by atoms with Gasteiger partial charge >= 0.3 is 7.12 Å². The van der Waals surface area contributed by atoms with E-state index in [0.717, 1.165) is 25.7 Å². The standard InChI is InChI=1S/C18H35BO5/c1-7-17-13-15(22-12-11-21-10-9-20-6)14-18(17,8-2)24-19(23-17)16(3,4)5/h15H,7-14H2,1-6H3. The summed E-state index contributed by atoms with van der Waals surface area (Å²) in [6, 6.07) is 0. The molecule has 0 aromatic carbocycles. The molecule has 2 fully saturated rings. The molecule has 1 heterocycles. The second kappa shape index (κ2) is 8.04. The lowest BCUT2D eigenvalue weighted by molar-refractivity contribution is -0.0281. The average Bonchev–Trinajstić information content (AvgIpc) is 3.00. The molecule has 140 valence electrons. The van der Waals surface area contributed by atoms with E-state index in [-0.39, 0.29) is 29.7 Å². The zero-order chi connectivity index (χ0) is 17.8. The molecule has 2 unspecified atom stereocenters. The molecule has 0 aromatic rings. The third kappa shape index (κ3) is 3.99. The summed E-state index contributed by atoms with van der Waals surface area (Å²) < 4.78 is 29.6. The van der Waals surface area contributed by atoms with Crippen molar-refractivity contribution in [1.29, 1.82) is 0 Å². The summed E-state index contributed by atoms with van der Waals surface area (Å²) in [5.41, 5.74) is -0.442. The molecule has 0 spiro atoms. The Morgan fingerprint density at radius 2 is 1.50 bits per heavy atom. The molecule has 6 heteroatoms. The van der Waals surface area contributed by atoms with Crippen LogP contribution in [0.2, 0.25) is 5.31 Å². The SMILES string of the molecule is CCC12CC(OCCOCCOC)CC1(CC)OB(C(C)(C)C)O2. The molecule has 24 heavy (non-hydrogen) atoms. The molecule has 1 aliphatic carbocycles. The summed E-state index contributed by atoms with van der Waals surface area (Å²) in [6.45, 7) is 13.4. The minimum Gasteiger partial charge on any atom is -0.402 e. The molecule has 0 radical (unpaired) electrons. The van der Waals surface area contributed by atoms with Gasteiger partial charge in [-0.25, -0.2) is 0 Å². The van der Waals surface area contributed by atoms with Crippen LogP contribution in [-0.4, -0.2) is 58.0 Å². The Morgan fingerprint density at radius 1 is 0.958 bits per heavy atom. The van der Waals surface area contributed by atoms with Gasteiger partial charge in [-0.2, -0.15) is 0 Å². The van der Waals surface area contributed by atoms with Crippen LogP contribution < -0.4 is 0 Å². The van der Waals surface area contributed by atoms with Crippen molar-refractivity contribution in [1.82, 2.24) is 0 Å². The Morgan fingerprint density at radius 3 is 1.96 bits per heavy atom. The van der Waals surface area contributed by atoms with Crippen LogP contribution in [0.1, 0.15) is 60.3 Å². The predicted molar refractivity (Wildman–Crippen MR) is 95.4 cm³/mol. The third-order valence-electron chi connectivity index (χ3n) is 5.47. The van der Waals surface area contributed by atoms with Crippen LogP contribution in [-0.2, 0) is 23.5 Å². The van der Waals surface area contributed by atoms with Crippen molar-refractivity contribution in [2.45, 2.75) is 82.9 Å². The number of hydrogen-bond acceptors (Lipinski definition) is 5. The molecule has 2 atom stereocenters. The van der Waals surface area contributed by atoms with E-state index in [1.165, 1.54) is 0 Å². The van der Waals surface area contributed by atoms with Crippen molar-refractivity contribution >= 4 is 7.12 Å². The normalized spacial score (nSPS) is 33.2. The highest BCUT2D eigenvalue weighted by atomic mass is 16.7. The summed E-state index contributed by atoms with van der Waals surface area (Å²) >= 11 is 0. The predicted octanol–water partition coefficient (Wildman–Crippen LogP) is 3.46. The van der Waals surface area contributed by atoms with Crippen molar-refractivity contribution in [3.63, 3.8) is 0 Å². The Hall–Kier alpha value is -0.135. The molecule has 1 saturated heterocycles. The first-order chi connectivity index (χ1) is 11.3. The lowest BCUT2D eigenvalue weighted by Crippen LogP contribution is -2.46. The smallest absolute Gasteiger partial charge is 0.402 e. The number of methoxy groups -OCH3 is 1. The van der Waals surface area contributed by atoms with Crippen molar-refractivity contribution in [2.75, 3.05) is 33.5 Å². The molecule has 1 aliphatic heterocycles. The van der Waals surface area contributed by atoms with Gasteiger partial charge in [0.1, 0.15) is 0 Å². The summed E-state index contributed by atoms with van der Waals surface area (Å²) in [5, 5.41) is -0.0137. The van der Waals surface area contributed by atoms with Crippen LogP contribution in [0, 0.1) is 0 Å². The van der Waals surface area contributed by atoms with Gasteiger partial charge in [0.25, 0.3) is 0 Å². The summed E-state index contributed by atoms with van der Waals surface area (Å²) in [7, 11) is 1.53. The second-order valence-corrected chi connectivity index (χ2v) is 8.14. The Bertz CT molecular complexity index is 377. The van der Waals surface area contributed by atoms with Crippen LogP contribution in [0.15, 0.2) is 0 Å². The molecule has 0 bridgehead atoms. The van der Waals surface area contributed by atoms with Crippen molar-refractivity contribution in [3.05, 3.63) is 0 Å². The molecule has 0 aromatic heterocycles. The van der Waals surface area contributed by atoms with Crippen molar-refractivity contribution in [3.8, 4) is 0 Å². The quantitative estimate of drug-likeness (QED) is 0.474. The van der Waals surface area contributed by atoms with Crippen LogP contribution >= 0.6 is 0 Å². The number of hydrogen-bond donors (Lipinski definition) is 0. The largest absolute Gasteiger partial charge is 0.463 e. The van der Waals surface area contributed by atoms with E-state index < -0.39 is 0 Å². The Labute approximate surface area is 147 Å². The highest BCUT2D eigenvalue weighted by Gasteiger charge is 2.67. The van der Waals surface area contributed by atoms with E-state index in [4.69, 9.17) is 23.5 Å². The van der Waals surface area contributed by atoms with Gasteiger partial charge in [0.15, 0.2) is 0 Å². The van der Waals surface area contributed by atoms with Crippen LogP contribution in [0.3, 0.4) is 0 Å². The van der Waals surface area contributed by atoms with E-state index in [9.17, 15) is 0 Å². The van der Waals surface area contributed by atoms with E-state index >= 15 is 0 Å². The minimum absolute atomic E-state index is 0.0137. The van der Waals surface area contributed by atoms with E-state index in [0.29, 0.717) is 26.4 Å². The molecule has 2 rings (SSSR count). The monoisotopic (exact) mass is 342 g/mol. The highest BCUT2D eigenvalue weighted by Crippen LogP contribution is 2.57. The number of ether oxygens (including phenoxy) is 3. The average molecular weight is 342 g/mol. The molecular formula is C18H35BO5. The summed E-state index contributed by atoms with van der Waals surface area (Å²) in [5.74, 6) is 0. The van der Waals surface area contributed by atoms with Crippen molar-refractivity contribution in [2.24, 2.45) is 0 Å². The van der Waals surface area contributed by atoms with Gasteiger partial charge in [-0.3, -0.25) is 0 Å². The van der Waals surface area contributed by atoms with E-state index in [1.807, 2.05) is 0 Å². The Kier molecular flexibility index (Phi) is 6.76. The maximum atomic E-state index is 6.52. The van der Waals surface area contributed by atoms with Gasteiger partial charge in [-0.15, -0.1) is 0 Å². The number of rotatable bonds is 9. The fourth-order valence-electron chi connectivity index (χ4n) is 4.01. The van der Waals surface area contributed by atoms with E-state index in [2.05, 4.69) is 34.6 Å². The highest BCUT2D eigenvalue weighted by molar-refractivity contribution is 6.49. The fraction of sp³-hybridized carbons (Fsp3) is 1.00. The molecule has 2 aliphatic rings. The first-order valence-electron chi connectivity index (χ1n) is 9.36. The molecular weight excluding hydrogens is 307 g/mol. The first kappa shape index (κ1) is 20.2. The minimum atomic E-state index is -0.221. The van der Waals surface area contributed by atoms with Gasteiger partial charge in [0.2, 0.25) is 0 Å². The van der Waals surface area contributed by atoms with Crippen LogP contribution in [0.5, 0.6) is 0 Å². The van der Waals surface area contributed by atoms with Crippen molar-refractivity contribution < 1.29 is 23.5 Å². The molecule has 0 N–H and O–H groups in total. The van der Waals surface area contributed by atoms with Gasteiger partial charge in [-0.1, -0.05) is 34.6 Å². The Balaban J connectivity index is 1.92. The molecule has 5 nitrogen and oxygen atoms in total. The van der Waals surface area contributed by atoms with Crippen LogP contribution in [0.4, 0.5) is 0 Å². The topological polar surface area (TPSA) is 46.2 Å². The fourth-order valence-corrected chi connectivity index (χ4v) is 4.01. The zero-order valence-corrected chi connectivity index (χ0v) is 16.4. The van der Waals surface area contributed by atoms with Gasteiger partial charge in [0.05, 0.1) is 43.7 Å². The summed E-state index contributed by atoms with van der Waals surface area (Å²) in [4.78, 5) is 0. The van der Waals surface area contributed by atoms with Gasteiger partial charge < -0.3 is 23.5 Å². The second-order valence-electron chi connectivity index (χ2n) is 8.14. The van der Waals surface area contributed by atoms with Gasteiger partial charge in [-0.05, 0) is 18.2 Å². The molecule has 1 saturated carbocycles. The van der Waals surface area contributed by atoms with Crippen LogP contribution in [0.25, 0.3) is 0 Å². The first-order valence-corrected chi connectivity index (χ1v) is 9.36. The summed E-state index contributed by atoms with van der Waals surface area (Å²) in [6.07, 6.45) is 3.90. The zero-order valence-electron chi connectivity index (χ0n) is 16.4. The molecule has 0 amide bonds.